The van der Waals surface area contributed by atoms with Crippen molar-refractivity contribution in [3.8, 4) is 0 Å². The SMILES string of the molecule is CC/C=C\C/C=C\C/C=C\C/C=C\C/C=C\C/C=C\CCC(=O)OCC(COP(=O)(O)OCC(O)COP(=O)(O)OCC(COC(=O)CCCCCCCC/C=C\C/C=C\C/C=C\CCCCC)OC(=O)CCC/C=C\C/C=C\C/C=C\C/C=C\C/C=C\CC)OC(=O)C/C=C\C/C=C\C/C=C\C/C=C\C/C=C\CC. The van der Waals surface area contributed by atoms with E-state index < -0.39 is 97.5 Å². The van der Waals surface area contributed by atoms with Gasteiger partial charge in [-0.2, -0.15) is 0 Å². The van der Waals surface area contributed by atoms with Crippen molar-refractivity contribution in [1.82, 2.24) is 0 Å². The van der Waals surface area contributed by atoms with Gasteiger partial charge in [-0.15, -0.1) is 0 Å². The summed E-state index contributed by atoms with van der Waals surface area (Å²) in [6, 6.07) is 0. The number of rotatable bonds is 73. The minimum absolute atomic E-state index is 0.000955. The fourth-order valence-corrected chi connectivity index (χ4v) is 11.2. The number of carbonyl (C=O) groups excluding carboxylic acids is 4. The average molecular weight is 1570 g/mol. The number of hydrogen-bond donors (Lipinski definition) is 3. The second-order valence-corrected chi connectivity index (χ2v) is 28.8. The molecule has 0 aromatic carbocycles. The highest BCUT2D eigenvalue weighted by molar-refractivity contribution is 7.47. The summed E-state index contributed by atoms with van der Waals surface area (Å²) in [5.41, 5.74) is 0. The predicted octanol–water partition coefficient (Wildman–Crippen LogP) is 24.2. The molecule has 17 nitrogen and oxygen atoms in total. The largest absolute Gasteiger partial charge is 0.472 e. The first-order valence-corrected chi connectivity index (χ1v) is 43.6. The Morgan fingerprint density at radius 2 is 0.536 bits per heavy atom. The zero-order valence-electron chi connectivity index (χ0n) is 67.3. The van der Waals surface area contributed by atoms with Crippen molar-refractivity contribution >= 4 is 39.5 Å². The van der Waals surface area contributed by atoms with E-state index in [1.54, 1.807) is 12.2 Å². The van der Waals surface area contributed by atoms with Gasteiger partial charge in [0.25, 0.3) is 0 Å². The van der Waals surface area contributed by atoms with Crippen LogP contribution in [0.25, 0.3) is 0 Å². The van der Waals surface area contributed by atoms with Crippen LogP contribution in [-0.2, 0) is 65.4 Å². The highest BCUT2D eigenvalue weighted by Gasteiger charge is 2.30. The average Bonchev–Trinajstić information content (AvgIpc) is 0.899. The third kappa shape index (κ3) is 79.2. The van der Waals surface area contributed by atoms with E-state index in [4.69, 9.17) is 37.0 Å². The van der Waals surface area contributed by atoms with E-state index in [1.165, 1.54) is 19.3 Å². The minimum atomic E-state index is -5.04. The number of aliphatic hydroxyl groups is 1. The summed E-state index contributed by atoms with van der Waals surface area (Å²) >= 11 is 0. The van der Waals surface area contributed by atoms with Crippen molar-refractivity contribution in [2.75, 3.05) is 39.6 Å². The lowest BCUT2D eigenvalue weighted by Gasteiger charge is -2.21. The summed E-state index contributed by atoms with van der Waals surface area (Å²) in [6.07, 6.45) is 104. The molecular formula is C91H140O17P2. The van der Waals surface area contributed by atoms with Crippen LogP contribution in [0.3, 0.4) is 0 Å². The molecule has 3 N–H and O–H groups in total. The Labute approximate surface area is 664 Å². The standard InChI is InChI=1S/C91H140O17P2/c1-5-9-13-17-21-25-29-33-37-40-42-45-48-51-55-59-63-67-71-75-88(93)101-81-86(107-90(95)77-73-69-65-61-57-53-47-36-32-28-24-20-16-12-8-4)83-105-109(97,98)103-79-85(92)80-104-110(99,100)106-84-87(108-91(96)78-74-70-66-62-58-54-50-44-39-35-31-27-23-19-15-11-7-3)82-102-89(94)76-72-68-64-60-56-52-49-46-43-41-38-34-30-26-22-18-14-10-6-2/h9,11-13,15-16,21-28,33-39,42-43,45-47,50-51,54-55,57,61-63,66-67,69,73,85-87,92H,5-8,10,14,17-20,29-32,40-41,44,48-49,52-53,56,58-60,64-65,68,70-72,74-84H2,1-4H3,(H,97,98)(H,99,100)/b13-9-,15-11-,16-12-,25-21-,26-22-,27-23-,28-24-,37-33-,38-34-,39-35-,45-42-,46-43-,47-36-,54-50-,55-51-,61-57-,66-62-,67-63-,73-69-. The Kier molecular flexibility index (Phi) is 75.2. The number of esters is 4. The lowest BCUT2D eigenvalue weighted by atomic mass is 10.1. The third-order valence-electron chi connectivity index (χ3n) is 15.6. The van der Waals surface area contributed by atoms with Gasteiger partial charge < -0.3 is 33.8 Å². The molecule has 0 rings (SSSR count). The molecule has 0 aromatic rings. The quantitative estimate of drug-likeness (QED) is 0.0169. The Morgan fingerprint density at radius 3 is 0.891 bits per heavy atom. The molecule has 0 heterocycles. The number of phosphoric ester groups is 2. The lowest BCUT2D eigenvalue weighted by molar-refractivity contribution is -0.161. The van der Waals surface area contributed by atoms with Gasteiger partial charge in [0.15, 0.2) is 12.2 Å². The summed E-state index contributed by atoms with van der Waals surface area (Å²) in [6.45, 7) is 4.18. The summed E-state index contributed by atoms with van der Waals surface area (Å²) < 4.78 is 68.4. The molecule has 616 valence electrons. The molecule has 0 spiro atoms. The maximum atomic E-state index is 13.1. The molecule has 0 aliphatic rings. The second kappa shape index (κ2) is 80.2. The molecule has 110 heavy (non-hydrogen) atoms. The Bertz CT molecular complexity index is 3000. The van der Waals surface area contributed by atoms with Gasteiger partial charge in [0.1, 0.15) is 19.3 Å². The first-order valence-electron chi connectivity index (χ1n) is 40.6. The van der Waals surface area contributed by atoms with Gasteiger partial charge in [-0.3, -0.25) is 37.3 Å². The van der Waals surface area contributed by atoms with E-state index in [-0.39, 0.29) is 25.7 Å². The van der Waals surface area contributed by atoms with Crippen LogP contribution in [0.5, 0.6) is 0 Å². The summed E-state index contributed by atoms with van der Waals surface area (Å²) in [5.74, 6) is -2.54. The van der Waals surface area contributed by atoms with Crippen molar-refractivity contribution in [2.24, 2.45) is 0 Å². The van der Waals surface area contributed by atoms with E-state index in [0.29, 0.717) is 38.5 Å². The fraction of sp³-hybridized carbons (Fsp3) is 0.538. The Morgan fingerprint density at radius 1 is 0.273 bits per heavy atom. The highest BCUT2D eigenvalue weighted by atomic mass is 31.2. The summed E-state index contributed by atoms with van der Waals surface area (Å²) in [7, 11) is -10.1. The number of ether oxygens (including phenoxy) is 4. The van der Waals surface area contributed by atoms with Crippen molar-refractivity contribution in [3.63, 3.8) is 0 Å². The number of aliphatic hydroxyl groups excluding tert-OH is 1. The molecule has 0 radical (unpaired) electrons. The van der Waals surface area contributed by atoms with E-state index in [1.807, 2.05) is 42.5 Å². The lowest BCUT2D eigenvalue weighted by Crippen LogP contribution is -2.30. The van der Waals surface area contributed by atoms with Gasteiger partial charge >= 0.3 is 39.5 Å². The van der Waals surface area contributed by atoms with E-state index in [9.17, 15) is 43.2 Å². The number of hydrogen-bond acceptors (Lipinski definition) is 15. The first kappa shape index (κ1) is 103. The van der Waals surface area contributed by atoms with Crippen LogP contribution in [-0.4, -0.2) is 96.7 Å². The molecule has 0 amide bonds. The molecule has 5 atom stereocenters. The van der Waals surface area contributed by atoms with Crippen LogP contribution >= 0.6 is 15.6 Å². The minimum Gasteiger partial charge on any atom is -0.462 e. The topological polar surface area (TPSA) is 237 Å². The molecule has 0 saturated heterocycles. The molecule has 0 aliphatic carbocycles. The molecule has 5 unspecified atom stereocenters. The fourth-order valence-electron chi connectivity index (χ4n) is 9.60. The maximum absolute atomic E-state index is 13.1. The van der Waals surface area contributed by atoms with Crippen LogP contribution in [0, 0.1) is 0 Å². The number of unbranched alkanes of at least 4 members (excludes halogenated alkanes) is 10. The molecule has 0 saturated carbocycles. The predicted molar refractivity (Wildman–Crippen MR) is 454 cm³/mol. The Balaban J connectivity index is 5.59. The van der Waals surface area contributed by atoms with Gasteiger partial charge in [-0.1, -0.05) is 297 Å². The van der Waals surface area contributed by atoms with E-state index in [2.05, 4.69) is 204 Å². The van der Waals surface area contributed by atoms with Crippen LogP contribution in [0.1, 0.15) is 259 Å². The Hall–Kier alpha value is -6.88. The van der Waals surface area contributed by atoms with Gasteiger partial charge in [0, 0.05) is 19.3 Å². The molecular weight excluding hydrogens is 1430 g/mol. The van der Waals surface area contributed by atoms with E-state index in [0.717, 1.165) is 148 Å². The summed E-state index contributed by atoms with van der Waals surface area (Å²) in [4.78, 5) is 73.0. The third-order valence-corrected chi connectivity index (χ3v) is 17.5. The van der Waals surface area contributed by atoms with Gasteiger partial charge in [-0.05, 0) is 167 Å². The van der Waals surface area contributed by atoms with Crippen molar-refractivity contribution in [2.45, 2.75) is 277 Å². The second-order valence-electron chi connectivity index (χ2n) is 25.9. The zero-order chi connectivity index (χ0) is 80.3. The van der Waals surface area contributed by atoms with Crippen LogP contribution < -0.4 is 0 Å². The number of phosphoric acid groups is 2. The van der Waals surface area contributed by atoms with Crippen LogP contribution in [0.2, 0.25) is 0 Å². The van der Waals surface area contributed by atoms with E-state index >= 15 is 0 Å². The van der Waals surface area contributed by atoms with Gasteiger partial charge in [0.05, 0.1) is 32.8 Å². The number of carbonyl (C=O) groups is 4. The number of allylic oxidation sites excluding steroid dienone is 37. The van der Waals surface area contributed by atoms with Crippen molar-refractivity contribution in [3.05, 3.63) is 231 Å². The van der Waals surface area contributed by atoms with Crippen LogP contribution in [0.15, 0.2) is 231 Å². The van der Waals surface area contributed by atoms with Crippen LogP contribution in [0.4, 0.5) is 0 Å². The molecule has 0 fully saturated rings. The monoisotopic (exact) mass is 1570 g/mol. The first-order chi connectivity index (χ1) is 53.7. The molecule has 0 aliphatic heterocycles. The van der Waals surface area contributed by atoms with Gasteiger partial charge in [0.2, 0.25) is 0 Å². The highest BCUT2D eigenvalue weighted by Crippen LogP contribution is 2.45. The summed E-state index contributed by atoms with van der Waals surface area (Å²) in [5, 5.41) is 10.7. The smallest absolute Gasteiger partial charge is 0.462 e. The molecule has 0 aromatic heterocycles. The van der Waals surface area contributed by atoms with Gasteiger partial charge in [-0.25, -0.2) is 9.13 Å². The van der Waals surface area contributed by atoms with Crippen molar-refractivity contribution in [1.29, 1.82) is 0 Å². The molecule has 0 bridgehead atoms. The normalized spacial score (nSPS) is 15.0. The maximum Gasteiger partial charge on any atom is 0.472 e. The zero-order valence-corrected chi connectivity index (χ0v) is 69.1. The van der Waals surface area contributed by atoms with Crippen molar-refractivity contribution < 1.29 is 80.2 Å². The molecule has 19 heteroatoms.